The molecule has 2 atom stereocenters. The molecule has 92 valence electrons. The van der Waals surface area contributed by atoms with Crippen molar-refractivity contribution in [1.82, 2.24) is 10.6 Å². The van der Waals surface area contributed by atoms with Crippen LogP contribution in [-0.4, -0.2) is 25.0 Å². The van der Waals surface area contributed by atoms with Crippen LogP contribution in [0.25, 0.3) is 0 Å². The molecule has 1 aliphatic carbocycles. The Hall–Kier alpha value is -0.570. The lowest BCUT2D eigenvalue weighted by Gasteiger charge is -2.29. The Morgan fingerprint density at radius 3 is 2.81 bits per heavy atom. The number of carbonyl (C=O) groups excluding carboxylic acids is 1. The predicted molar refractivity (Wildman–Crippen MR) is 65.2 cm³/mol. The van der Waals surface area contributed by atoms with Crippen LogP contribution in [-0.2, 0) is 4.79 Å². The van der Waals surface area contributed by atoms with E-state index in [2.05, 4.69) is 24.5 Å². The molecule has 2 rings (SSSR count). The van der Waals surface area contributed by atoms with Gasteiger partial charge in [0.2, 0.25) is 5.91 Å². The normalized spacial score (nSPS) is 32.1. The molecule has 3 nitrogen and oxygen atoms in total. The van der Waals surface area contributed by atoms with Gasteiger partial charge in [0.25, 0.3) is 0 Å². The minimum absolute atomic E-state index is 0.0430. The molecule has 0 aromatic rings. The van der Waals surface area contributed by atoms with Gasteiger partial charge in [0.1, 0.15) is 0 Å². The highest BCUT2D eigenvalue weighted by Crippen LogP contribution is 2.47. The molecule has 1 saturated carbocycles. The molecule has 0 aromatic heterocycles. The van der Waals surface area contributed by atoms with Crippen molar-refractivity contribution in [3.63, 3.8) is 0 Å². The lowest BCUT2D eigenvalue weighted by molar-refractivity contribution is -0.125. The van der Waals surface area contributed by atoms with Gasteiger partial charge in [0, 0.05) is 6.54 Å². The summed E-state index contributed by atoms with van der Waals surface area (Å²) in [5.74, 6) is 0.692. The van der Waals surface area contributed by atoms with Gasteiger partial charge in [0.15, 0.2) is 0 Å². The highest BCUT2D eigenvalue weighted by molar-refractivity contribution is 5.82. The molecule has 2 fully saturated rings. The van der Waals surface area contributed by atoms with Gasteiger partial charge in [-0.15, -0.1) is 0 Å². The van der Waals surface area contributed by atoms with Gasteiger partial charge >= 0.3 is 0 Å². The van der Waals surface area contributed by atoms with E-state index < -0.39 is 0 Å². The zero-order valence-electron chi connectivity index (χ0n) is 10.5. The van der Waals surface area contributed by atoms with Crippen molar-refractivity contribution >= 4 is 5.91 Å². The lowest BCUT2D eigenvalue weighted by atomic mass is 9.92. The van der Waals surface area contributed by atoms with Crippen molar-refractivity contribution in [3.8, 4) is 0 Å². The van der Waals surface area contributed by atoms with Crippen LogP contribution in [0, 0.1) is 11.3 Å². The molecule has 2 aliphatic rings. The average Bonchev–Trinajstić information content (AvgIpc) is 3.07. The molecule has 2 N–H and O–H groups in total. The third-order valence-corrected chi connectivity index (χ3v) is 4.40. The van der Waals surface area contributed by atoms with Crippen molar-refractivity contribution in [1.29, 1.82) is 0 Å². The zero-order chi connectivity index (χ0) is 11.6. The largest absolute Gasteiger partial charge is 0.354 e. The summed E-state index contributed by atoms with van der Waals surface area (Å²) in [6.07, 6.45) is 6.14. The summed E-state index contributed by atoms with van der Waals surface area (Å²) in [5.41, 5.74) is 0.452. The SMILES string of the molecule is CCC1(CNC(=O)C2NCCCC2C)CC1. The van der Waals surface area contributed by atoms with Crippen molar-refractivity contribution in [3.05, 3.63) is 0 Å². The molecule has 0 bridgehead atoms. The minimum Gasteiger partial charge on any atom is -0.354 e. The van der Waals surface area contributed by atoms with E-state index in [1.54, 1.807) is 0 Å². The van der Waals surface area contributed by atoms with E-state index in [4.69, 9.17) is 0 Å². The summed E-state index contributed by atoms with van der Waals surface area (Å²) in [6, 6.07) is 0.0430. The topological polar surface area (TPSA) is 41.1 Å². The maximum absolute atomic E-state index is 12.0. The van der Waals surface area contributed by atoms with E-state index in [0.717, 1.165) is 13.1 Å². The molecular weight excluding hydrogens is 200 g/mol. The minimum atomic E-state index is 0.0430. The van der Waals surface area contributed by atoms with Crippen LogP contribution in [0.5, 0.6) is 0 Å². The summed E-state index contributed by atoms with van der Waals surface area (Å²) >= 11 is 0. The molecule has 16 heavy (non-hydrogen) atoms. The van der Waals surface area contributed by atoms with Crippen molar-refractivity contribution < 1.29 is 4.79 Å². The average molecular weight is 224 g/mol. The van der Waals surface area contributed by atoms with Crippen LogP contribution in [0.15, 0.2) is 0 Å². The molecule has 1 amide bonds. The third-order valence-electron chi connectivity index (χ3n) is 4.40. The van der Waals surface area contributed by atoms with Crippen molar-refractivity contribution in [2.75, 3.05) is 13.1 Å². The van der Waals surface area contributed by atoms with E-state index in [9.17, 15) is 4.79 Å². The number of hydrogen-bond acceptors (Lipinski definition) is 2. The summed E-state index contributed by atoms with van der Waals surface area (Å²) in [5, 5.41) is 6.47. The Balaban J connectivity index is 1.78. The Morgan fingerprint density at radius 1 is 1.50 bits per heavy atom. The molecule has 1 aliphatic heterocycles. The number of carbonyl (C=O) groups is 1. The molecule has 0 radical (unpaired) electrons. The van der Waals surface area contributed by atoms with Gasteiger partial charge in [-0.3, -0.25) is 4.79 Å². The molecule has 3 heteroatoms. The van der Waals surface area contributed by atoms with Crippen LogP contribution >= 0.6 is 0 Å². The molecular formula is C13H24N2O. The molecule has 1 saturated heterocycles. The fourth-order valence-corrected chi connectivity index (χ4v) is 2.62. The first-order chi connectivity index (χ1) is 7.67. The standard InChI is InChI=1S/C13H24N2O/c1-3-13(6-7-13)9-15-12(16)11-10(2)5-4-8-14-11/h10-11,14H,3-9H2,1-2H3,(H,15,16). The maximum Gasteiger partial charge on any atom is 0.237 e. The van der Waals surface area contributed by atoms with Crippen LogP contribution in [0.1, 0.15) is 46.0 Å². The van der Waals surface area contributed by atoms with Crippen molar-refractivity contribution in [2.24, 2.45) is 11.3 Å². The summed E-state index contributed by atoms with van der Waals surface area (Å²) < 4.78 is 0. The second kappa shape index (κ2) is 4.74. The molecule has 1 heterocycles. The Morgan fingerprint density at radius 2 is 2.25 bits per heavy atom. The fraction of sp³-hybridized carbons (Fsp3) is 0.923. The second-order valence-electron chi connectivity index (χ2n) is 5.62. The van der Waals surface area contributed by atoms with Crippen LogP contribution in [0.3, 0.4) is 0 Å². The highest BCUT2D eigenvalue weighted by atomic mass is 16.2. The van der Waals surface area contributed by atoms with E-state index in [1.807, 2.05) is 0 Å². The van der Waals surface area contributed by atoms with Crippen LogP contribution in [0.2, 0.25) is 0 Å². The van der Waals surface area contributed by atoms with Gasteiger partial charge in [-0.05, 0) is 50.0 Å². The van der Waals surface area contributed by atoms with Gasteiger partial charge in [-0.1, -0.05) is 13.8 Å². The summed E-state index contributed by atoms with van der Waals surface area (Å²) in [4.78, 5) is 12.0. The fourth-order valence-electron chi connectivity index (χ4n) is 2.62. The number of nitrogens with one attached hydrogen (secondary N) is 2. The van der Waals surface area contributed by atoms with Gasteiger partial charge in [0.05, 0.1) is 6.04 Å². The van der Waals surface area contributed by atoms with E-state index in [0.29, 0.717) is 11.3 Å². The first-order valence-corrected chi connectivity index (χ1v) is 6.68. The van der Waals surface area contributed by atoms with Gasteiger partial charge in [-0.25, -0.2) is 0 Å². The van der Waals surface area contributed by atoms with E-state index in [-0.39, 0.29) is 11.9 Å². The molecule has 0 aromatic carbocycles. The van der Waals surface area contributed by atoms with E-state index in [1.165, 1.54) is 32.1 Å². The first-order valence-electron chi connectivity index (χ1n) is 6.68. The Bertz CT molecular complexity index is 261. The van der Waals surface area contributed by atoms with Gasteiger partial charge in [-0.2, -0.15) is 0 Å². The maximum atomic E-state index is 12.0. The highest BCUT2D eigenvalue weighted by Gasteiger charge is 2.41. The number of amides is 1. The summed E-state index contributed by atoms with van der Waals surface area (Å²) in [6.45, 7) is 6.26. The smallest absolute Gasteiger partial charge is 0.237 e. The number of hydrogen-bond donors (Lipinski definition) is 2. The lowest BCUT2D eigenvalue weighted by Crippen LogP contribution is -2.51. The number of rotatable bonds is 4. The van der Waals surface area contributed by atoms with Crippen molar-refractivity contribution in [2.45, 2.75) is 52.0 Å². The van der Waals surface area contributed by atoms with E-state index >= 15 is 0 Å². The monoisotopic (exact) mass is 224 g/mol. The number of piperidine rings is 1. The summed E-state index contributed by atoms with van der Waals surface area (Å²) in [7, 11) is 0. The Kier molecular flexibility index (Phi) is 3.53. The third kappa shape index (κ3) is 2.57. The molecule has 2 unspecified atom stereocenters. The van der Waals surface area contributed by atoms with Crippen LogP contribution < -0.4 is 10.6 Å². The Labute approximate surface area is 98.4 Å². The second-order valence-corrected chi connectivity index (χ2v) is 5.62. The van der Waals surface area contributed by atoms with Crippen LogP contribution in [0.4, 0.5) is 0 Å². The van der Waals surface area contributed by atoms with Gasteiger partial charge < -0.3 is 10.6 Å². The first kappa shape index (κ1) is 11.9. The predicted octanol–water partition coefficient (Wildman–Crippen LogP) is 1.68. The quantitative estimate of drug-likeness (QED) is 0.763. The zero-order valence-corrected chi connectivity index (χ0v) is 10.5. The molecule has 0 spiro atoms.